The summed E-state index contributed by atoms with van der Waals surface area (Å²) in [6.07, 6.45) is 1.05. The number of likely N-dealkylation sites (tertiary alicyclic amines) is 1. The zero-order chi connectivity index (χ0) is 18.2. The van der Waals surface area contributed by atoms with Crippen LogP contribution >= 0.6 is 0 Å². The Hall–Kier alpha value is -2.27. The van der Waals surface area contributed by atoms with Crippen LogP contribution in [0.15, 0.2) is 13.9 Å². The molecule has 11 heteroatoms. The summed E-state index contributed by atoms with van der Waals surface area (Å²) in [5.74, 6) is 0.771. The zero-order valence-corrected chi connectivity index (χ0v) is 15.0. The summed E-state index contributed by atoms with van der Waals surface area (Å²) < 4.78 is 37.2. The highest BCUT2D eigenvalue weighted by Crippen LogP contribution is 2.31. The average molecular weight is 369 g/mol. The van der Waals surface area contributed by atoms with Gasteiger partial charge in [-0.15, -0.1) is 0 Å². The lowest BCUT2D eigenvalue weighted by atomic mass is 10.2. The lowest BCUT2D eigenvalue weighted by molar-refractivity contribution is -0.129. The molecule has 1 amide bonds. The molecule has 1 atom stereocenters. The Labute approximate surface area is 144 Å². The van der Waals surface area contributed by atoms with Gasteiger partial charge in [0.1, 0.15) is 16.6 Å². The third kappa shape index (κ3) is 3.29. The number of hydrogen-bond acceptors (Lipinski definition) is 8. The first kappa shape index (κ1) is 17.5. The number of aryl methyl sites for hydroxylation is 2. The molecular weight excluding hydrogens is 350 g/mol. The quantitative estimate of drug-likeness (QED) is 0.792. The third-order valence-corrected chi connectivity index (χ3v) is 5.74. The monoisotopic (exact) mass is 369 g/mol. The number of sulfonamides is 1. The van der Waals surface area contributed by atoms with Crippen LogP contribution in [-0.4, -0.2) is 41.1 Å². The predicted molar refractivity (Wildman–Crippen MR) is 83.7 cm³/mol. The standard InChI is InChI=1S/C14H19N5O5S/c1-4-19-10(5-6-12(19)20)14-16-11(18-24-14)7-15-25(21,22)13-8(2)17-23-9(13)3/h10,15H,4-7H2,1-3H3/t10-/m0/s1. The first-order chi connectivity index (χ1) is 11.8. The number of rotatable bonds is 6. The smallest absolute Gasteiger partial charge is 0.249 e. The molecule has 0 bridgehead atoms. The van der Waals surface area contributed by atoms with E-state index in [-0.39, 0.29) is 40.7 Å². The van der Waals surface area contributed by atoms with E-state index >= 15 is 0 Å². The first-order valence-corrected chi connectivity index (χ1v) is 9.36. The van der Waals surface area contributed by atoms with Gasteiger partial charge in [-0.25, -0.2) is 13.1 Å². The second kappa shape index (κ2) is 6.56. The zero-order valence-electron chi connectivity index (χ0n) is 14.1. The largest absolute Gasteiger partial charge is 0.360 e. The van der Waals surface area contributed by atoms with Crippen molar-refractivity contribution in [1.82, 2.24) is 24.9 Å². The Morgan fingerprint density at radius 3 is 2.68 bits per heavy atom. The molecule has 2 aromatic rings. The lowest BCUT2D eigenvalue weighted by Gasteiger charge is -2.19. The van der Waals surface area contributed by atoms with Crippen molar-refractivity contribution in [2.24, 2.45) is 0 Å². The maximum absolute atomic E-state index is 12.4. The summed E-state index contributed by atoms with van der Waals surface area (Å²) in [7, 11) is -3.80. The van der Waals surface area contributed by atoms with Crippen molar-refractivity contribution < 1.29 is 22.3 Å². The number of amides is 1. The molecule has 0 unspecified atom stereocenters. The molecule has 1 N–H and O–H groups in total. The van der Waals surface area contributed by atoms with E-state index < -0.39 is 10.0 Å². The molecule has 3 rings (SSSR count). The summed E-state index contributed by atoms with van der Waals surface area (Å²) in [5, 5.41) is 7.43. The van der Waals surface area contributed by atoms with E-state index in [1.54, 1.807) is 11.8 Å². The van der Waals surface area contributed by atoms with Gasteiger partial charge in [0.25, 0.3) is 0 Å². The Balaban J connectivity index is 1.71. The normalized spacial score (nSPS) is 18.3. The summed E-state index contributed by atoms with van der Waals surface area (Å²) in [6, 6.07) is -0.252. The minimum atomic E-state index is -3.80. The molecule has 1 aliphatic rings. The van der Waals surface area contributed by atoms with E-state index in [1.165, 1.54) is 6.92 Å². The number of nitrogens with one attached hydrogen (secondary N) is 1. The highest BCUT2D eigenvalue weighted by Gasteiger charge is 2.35. The molecule has 25 heavy (non-hydrogen) atoms. The molecular formula is C14H19N5O5S. The third-order valence-electron chi connectivity index (χ3n) is 4.09. The predicted octanol–water partition coefficient (Wildman–Crippen LogP) is 0.836. The molecule has 0 saturated carbocycles. The van der Waals surface area contributed by atoms with Gasteiger partial charge < -0.3 is 13.9 Å². The van der Waals surface area contributed by atoms with Crippen LogP contribution in [0.3, 0.4) is 0 Å². The number of nitrogens with zero attached hydrogens (tertiary/aromatic N) is 4. The Kier molecular flexibility index (Phi) is 4.60. The van der Waals surface area contributed by atoms with Crippen molar-refractivity contribution in [2.45, 2.75) is 51.1 Å². The number of carbonyl (C=O) groups excluding carboxylic acids is 1. The molecule has 2 aromatic heterocycles. The van der Waals surface area contributed by atoms with Crippen LogP contribution in [0.1, 0.15) is 49.0 Å². The van der Waals surface area contributed by atoms with Crippen molar-refractivity contribution in [3.63, 3.8) is 0 Å². The van der Waals surface area contributed by atoms with Gasteiger partial charge in [-0.3, -0.25) is 4.79 Å². The Bertz CT molecular complexity index is 868. The molecule has 0 aromatic carbocycles. The summed E-state index contributed by atoms with van der Waals surface area (Å²) in [4.78, 5) is 17.7. The summed E-state index contributed by atoms with van der Waals surface area (Å²) >= 11 is 0. The molecule has 1 saturated heterocycles. The number of aromatic nitrogens is 3. The maximum atomic E-state index is 12.4. The van der Waals surface area contributed by atoms with E-state index in [4.69, 9.17) is 9.05 Å². The molecule has 0 aliphatic carbocycles. The van der Waals surface area contributed by atoms with Crippen LogP contribution in [-0.2, 0) is 21.4 Å². The van der Waals surface area contributed by atoms with Crippen LogP contribution < -0.4 is 4.72 Å². The van der Waals surface area contributed by atoms with Gasteiger partial charge in [-0.2, -0.15) is 4.98 Å². The van der Waals surface area contributed by atoms with Crippen molar-refractivity contribution >= 4 is 15.9 Å². The molecule has 10 nitrogen and oxygen atoms in total. The SMILES string of the molecule is CCN1C(=O)CC[C@H]1c1nc(CNS(=O)(=O)c2c(C)noc2C)no1. The first-order valence-electron chi connectivity index (χ1n) is 7.88. The van der Waals surface area contributed by atoms with Gasteiger partial charge in [0.2, 0.25) is 21.8 Å². The van der Waals surface area contributed by atoms with Gasteiger partial charge in [-0.05, 0) is 27.2 Å². The van der Waals surface area contributed by atoms with Crippen LogP contribution in [0, 0.1) is 13.8 Å². The topological polar surface area (TPSA) is 131 Å². The van der Waals surface area contributed by atoms with Crippen molar-refractivity contribution in [3.8, 4) is 0 Å². The Morgan fingerprint density at radius 2 is 2.04 bits per heavy atom. The van der Waals surface area contributed by atoms with Crippen LogP contribution in [0.5, 0.6) is 0 Å². The van der Waals surface area contributed by atoms with E-state index in [9.17, 15) is 13.2 Å². The van der Waals surface area contributed by atoms with Gasteiger partial charge in [0.15, 0.2) is 11.6 Å². The molecule has 0 spiro atoms. The van der Waals surface area contributed by atoms with E-state index in [1.807, 2.05) is 6.92 Å². The van der Waals surface area contributed by atoms with E-state index in [2.05, 4.69) is 20.0 Å². The molecule has 3 heterocycles. The van der Waals surface area contributed by atoms with Crippen molar-refractivity contribution in [3.05, 3.63) is 23.2 Å². The van der Waals surface area contributed by atoms with Gasteiger partial charge in [0, 0.05) is 13.0 Å². The van der Waals surface area contributed by atoms with Crippen LogP contribution in [0.2, 0.25) is 0 Å². The minimum Gasteiger partial charge on any atom is -0.360 e. The molecule has 136 valence electrons. The van der Waals surface area contributed by atoms with Gasteiger partial charge >= 0.3 is 0 Å². The molecule has 1 aliphatic heterocycles. The summed E-state index contributed by atoms with van der Waals surface area (Å²) in [5.41, 5.74) is 0.279. The Morgan fingerprint density at radius 1 is 1.28 bits per heavy atom. The fourth-order valence-electron chi connectivity index (χ4n) is 2.95. The second-order valence-corrected chi connectivity index (χ2v) is 7.46. The van der Waals surface area contributed by atoms with Gasteiger partial charge in [0.05, 0.1) is 6.54 Å². The van der Waals surface area contributed by atoms with Crippen LogP contribution in [0.25, 0.3) is 0 Å². The number of carbonyl (C=O) groups is 1. The highest BCUT2D eigenvalue weighted by atomic mass is 32.2. The minimum absolute atomic E-state index is 0.00904. The average Bonchev–Trinajstić information content (AvgIpc) is 3.24. The summed E-state index contributed by atoms with van der Waals surface area (Å²) in [6.45, 7) is 5.37. The molecule has 1 fully saturated rings. The fourth-order valence-corrected chi connectivity index (χ4v) is 4.26. The van der Waals surface area contributed by atoms with Crippen molar-refractivity contribution in [1.29, 1.82) is 0 Å². The van der Waals surface area contributed by atoms with Crippen LogP contribution in [0.4, 0.5) is 0 Å². The fraction of sp³-hybridized carbons (Fsp3) is 0.571. The lowest BCUT2D eigenvalue weighted by Crippen LogP contribution is -2.27. The maximum Gasteiger partial charge on any atom is 0.249 e. The molecule has 0 radical (unpaired) electrons. The van der Waals surface area contributed by atoms with E-state index in [0.717, 1.165) is 0 Å². The van der Waals surface area contributed by atoms with Gasteiger partial charge in [-0.1, -0.05) is 10.3 Å². The van der Waals surface area contributed by atoms with Crippen molar-refractivity contribution in [2.75, 3.05) is 6.54 Å². The highest BCUT2D eigenvalue weighted by molar-refractivity contribution is 7.89. The second-order valence-electron chi connectivity index (χ2n) is 5.76. The number of hydrogen-bond donors (Lipinski definition) is 1. The van der Waals surface area contributed by atoms with E-state index in [0.29, 0.717) is 25.3 Å².